The number of hydrogen-bond acceptors (Lipinski definition) is 5. The molecule has 3 heterocycles. The quantitative estimate of drug-likeness (QED) is 0.357. The molecule has 0 radical (unpaired) electrons. The zero-order valence-corrected chi connectivity index (χ0v) is 26.8. The third-order valence-corrected chi connectivity index (χ3v) is 10.7. The predicted molar refractivity (Wildman–Crippen MR) is 171 cm³/mol. The van der Waals surface area contributed by atoms with Crippen LogP contribution < -0.4 is 10.6 Å². The van der Waals surface area contributed by atoms with Crippen LogP contribution in [0.15, 0.2) is 60.7 Å². The van der Waals surface area contributed by atoms with Crippen molar-refractivity contribution < 1.29 is 23.5 Å². The van der Waals surface area contributed by atoms with Crippen molar-refractivity contribution >= 4 is 35.0 Å². The molecule has 2 aromatic rings. The summed E-state index contributed by atoms with van der Waals surface area (Å²) in [6, 6.07) is 13.3. The van der Waals surface area contributed by atoms with Gasteiger partial charge < -0.3 is 25.2 Å². The number of carbonyl (C=O) groups excluding carboxylic acids is 3. The third kappa shape index (κ3) is 6.02. The molecule has 2 aromatic carbocycles. The molecule has 2 saturated heterocycles. The third-order valence-electron chi connectivity index (χ3n) is 10.4. The smallest absolute Gasteiger partial charge is 0.246 e. The van der Waals surface area contributed by atoms with Crippen molar-refractivity contribution in [2.45, 2.75) is 69.9 Å². The van der Waals surface area contributed by atoms with Crippen LogP contribution in [0.2, 0.25) is 5.02 Å². The van der Waals surface area contributed by atoms with Crippen LogP contribution in [0, 0.1) is 29.5 Å². The highest BCUT2D eigenvalue weighted by molar-refractivity contribution is 6.31. The van der Waals surface area contributed by atoms with Crippen LogP contribution in [0.25, 0.3) is 0 Å². The van der Waals surface area contributed by atoms with Crippen LogP contribution in [0.1, 0.15) is 45.1 Å². The van der Waals surface area contributed by atoms with E-state index in [0.717, 1.165) is 32.4 Å². The van der Waals surface area contributed by atoms with Gasteiger partial charge in [0.2, 0.25) is 17.7 Å². The summed E-state index contributed by atoms with van der Waals surface area (Å²) in [6.07, 6.45) is 6.69. The van der Waals surface area contributed by atoms with E-state index in [0.29, 0.717) is 30.5 Å². The largest absolute Gasteiger partial charge is 0.359 e. The van der Waals surface area contributed by atoms with Gasteiger partial charge in [-0.1, -0.05) is 80.8 Å². The van der Waals surface area contributed by atoms with Crippen LogP contribution >= 0.6 is 11.6 Å². The number of ether oxygens (including phenoxy) is 1. The fraction of sp³-hybridized carbons (Fsp3) is 0.514. The van der Waals surface area contributed by atoms with E-state index in [1.54, 1.807) is 11.0 Å². The number of nitrogens with zero attached hydrogens (tertiary/aromatic N) is 2. The molecule has 6 unspecified atom stereocenters. The van der Waals surface area contributed by atoms with Crippen molar-refractivity contribution in [1.82, 2.24) is 15.1 Å². The molecule has 240 valence electrons. The number of hydrogen-bond donors (Lipinski definition) is 2. The van der Waals surface area contributed by atoms with Gasteiger partial charge in [-0.25, -0.2) is 4.39 Å². The molecule has 6 rings (SSSR count). The van der Waals surface area contributed by atoms with Crippen molar-refractivity contribution in [3.63, 3.8) is 0 Å². The zero-order valence-electron chi connectivity index (χ0n) is 26.0. The Balaban J connectivity index is 1.23. The number of rotatable bonds is 10. The molecule has 0 aromatic heterocycles. The van der Waals surface area contributed by atoms with Gasteiger partial charge in [0.05, 0.1) is 23.0 Å². The van der Waals surface area contributed by atoms with Gasteiger partial charge >= 0.3 is 0 Å². The number of fused-ring (bicyclic) bond motifs is 1. The lowest BCUT2D eigenvalue weighted by Gasteiger charge is -2.38. The fourth-order valence-electron chi connectivity index (χ4n) is 7.84. The van der Waals surface area contributed by atoms with Crippen molar-refractivity contribution in [3.8, 4) is 0 Å². The molecule has 45 heavy (non-hydrogen) atoms. The van der Waals surface area contributed by atoms with E-state index in [-0.39, 0.29) is 22.9 Å². The minimum Gasteiger partial charge on any atom is -0.359 e. The van der Waals surface area contributed by atoms with Crippen LogP contribution in [-0.4, -0.2) is 71.4 Å². The summed E-state index contributed by atoms with van der Waals surface area (Å²) in [5, 5.41) is 5.99. The summed E-state index contributed by atoms with van der Waals surface area (Å²) >= 11 is 5.95. The summed E-state index contributed by atoms with van der Waals surface area (Å²) in [5.41, 5.74) is 0.282. The Kier molecular flexibility index (Phi) is 9.05. The van der Waals surface area contributed by atoms with Crippen LogP contribution in [-0.2, 0) is 25.7 Å². The number of carbonyl (C=O) groups is 3. The van der Waals surface area contributed by atoms with Gasteiger partial charge in [-0.15, -0.1) is 0 Å². The van der Waals surface area contributed by atoms with Crippen molar-refractivity contribution in [2.24, 2.45) is 23.7 Å². The molecule has 1 saturated carbocycles. The van der Waals surface area contributed by atoms with Gasteiger partial charge in [0.15, 0.2) is 0 Å². The Bertz CT molecular complexity index is 1470. The first-order valence-electron chi connectivity index (χ1n) is 16.1. The van der Waals surface area contributed by atoms with Crippen LogP contribution in [0.4, 0.5) is 10.1 Å². The van der Waals surface area contributed by atoms with Gasteiger partial charge in [-0.2, -0.15) is 0 Å². The molecule has 2 N–H and O–H groups in total. The maximum absolute atomic E-state index is 14.3. The van der Waals surface area contributed by atoms with Gasteiger partial charge in [0.25, 0.3) is 0 Å². The summed E-state index contributed by atoms with van der Waals surface area (Å²) in [7, 11) is 2.04. The first-order chi connectivity index (χ1) is 21.6. The number of likely N-dealkylation sites (tertiary alicyclic amines) is 1. The lowest BCUT2D eigenvalue weighted by Crippen LogP contribution is -2.58. The molecule has 4 aliphatic rings. The highest BCUT2D eigenvalue weighted by Crippen LogP contribution is 2.55. The molecule has 10 heteroatoms. The monoisotopic (exact) mass is 636 g/mol. The highest BCUT2D eigenvalue weighted by atomic mass is 35.5. The van der Waals surface area contributed by atoms with Crippen LogP contribution in [0.3, 0.4) is 0 Å². The van der Waals surface area contributed by atoms with E-state index < -0.39 is 41.3 Å². The van der Waals surface area contributed by atoms with Crippen molar-refractivity contribution in [2.75, 3.05) is 25.5 Å². The molecular formula is C35H42ClFN4O4. The Labute approximate surface area is 269 Å². The first kappa shape index (κ1) is 31.7. The van der Waals surface area contributed by atoms with Crippen LogP contribution in [0.5, 0.6) is 0 Å². The Morgan fingerprint density at radius 1 is 1.13 bits per heavy atom. The standard InChI is InChI=1S/C35H42ClFN4O4/c1-21-9-7-12-27(22(21)2)39-33(43)31-35-16-15-28(45-35)29(32(42)38-24-13-14-26(37)25(36)19-24)30(35)34(44)41(31)18-8-17-40(3)20-23-10-5-4-6-11-23/h4-6,10-11,13-16,19,21-22,27-31H,7-9,12,17-18,20H2,1-3H3,(H,38,42)(H,39,43)/t21?,22?,27?,28-,29?,30-,31?,35?/m0/s1. The maximum Gasteiger partial charge on any atom is 0.246 e. The molecule has 1 aliphatic carbocycles. The minimum atomic E-state index is -1.24. The van der Waals surface area contributed by atoms with Crippen molar-refractivity contribution in [1.29, 1.82) is 0 Å². The average Bonchev–Trinajstić information content (AvgIpc) is 3.65. The lowest BCUT2D eigenvalue weighted by molar-refractivity contribution is -0.141. The van der Waals surface area contributed by atoms with Gasteiger partial charge in [-0.05, 0) is 62.0 Å². The second-order valence-electron chi connectivity index (χ2n) is 13.3. The molecule has 3 aliphatic heterocycles. The fourth-order valence-corrected chi connectivity index (χ4v) is 8.02. The first-order valence-corrected chi connectivity index (χ1v) is 16.4. The van der Waals surface area contributed by atoms with E-state index >= 15 is 0 Å². The zero-order chi connectivity index (χ0) is 31.9. The molecule has 8 atom stereocenters. The molecule has 2 bridgehead atoms. The second kappa shape index (κ2) is 12.9. The summed E-state index contributed by atoms with van der Waals surface area (Å²) in [4.78, 5) is 46.1. The average molecular weight is 637 g/mol. The predicted octanol–water partition coefficient (Wildman–Crippen LogP) is 5.03. The number of benzene rings is 2. The SMILES string of the molecule is CC1CCCC(NC(=O)C2N(CCCN(C)Cc3ccccc3)C(=O)[C@@H]3C(C(=O)Nc4ccc(F)c(Cl)c4)[C@@H]4C=CC23O4)C1C. The van der Waals surface area contributed by atoms with E-state index in [1.807, 2.05) is 31.3 Å². The number of amides is 3. The normalized spacial score (nSPS) is 31.8. The Morgan fingerprint density at radius 2 is 1.91 bits per heavy atom. The minimum absolute atomic E-state index is 0.00978. The van der Waals surface area contributed by atoms with Gasteiger partial charge in [0, 0.05) is 24.8 Å². The van der Waals surface area contributed by atoms with E-state index in [1.165, 1.54) is 23.8 Å². The number of nitrogens with one attached hydrogen (secondary N) is 2. The van der Waals surface area contributed by atoms with E-state index in [2.05, 4.69) is 41.5 Å². The number of anilines is 1. The molecular weight excluding hydrogens is 595 g/mol. The Morgan fingerprint density at radius 3 is 2.67 bits per heavy atom. The van der Waals surface area contributed by atoms with Crippen molar-refractivity contribution in [3.05, 3.63) is 77.1 Å². The van der Waals surface area contributed by atoms with E-state index in [9.17, 15) is 18.8 Å². The lowest BCUT2D eigenvalue weighted by atomic mass is 9.73. The Hall–Kier alpha value is -3.27. The van der Waals surface area contributed by atoms with Gasteiger partial charge in [0.1, 0.15) is 17.5 Å². The van der Waals surface area contributed by atoms with E-state index in [4.69, 9.17) is 16.3 Å². The topological polar surface area (TPSA) is 91.0 Å². The summed E-state index contributed by atoms with van der Waals surface area (Å²) in [5.74, 6) is -2.41. The molecule has 3 fully saturated rings. The summed E-state index contributed by atoms with van der Waals surface area (Å²) in [6.45, 7) is 6.24. The highest BCUT2D eigenvalue weighted by Gasteiger charge is 2.72. The maximum atomic E-state index is 14.3. The molecule has 3 amide bonds. The van der Waals surface area contributed by atoms with Gasteiger partial charge in [-0.3, -0.25) is 14.4 Å². The molecule has 1 spiro atoms. The second-order valence-corrected chi connectivity index (χ2v) is 13.7. The number of halogens is 2. The summed E-state index contributed by atoms with van der Waals surface area (Å²) < 4.78 is 20.2. The molecule has 8 nitrogen and oxygen atoms in total.